The van der Waals surface area contributed by atoms with E-state index in [0.717, 1.165) is 22.6 Å². The van der Waals surface area contributed by atoms with Crippen LogP contribution in [0.4, 0.5) is 0 Å². The lowest BCUT2D eigenvalue weighted by Gasteiger charge is -2.18. The van der Waals surface area contributed by atoms with Crippen molar-refractivity contribution < 1.29 is 0 Å². The lowest BCUT2D eigenvalue weighted by Crippen LogP contribution is -2.12. The van der Waals surface area contributed by atoms with Gasteiger partial charge in [-0.25, -0.2) is 9.97 Å². The SMILES string of the molecule is CC(Cl)c1nc2cccnc2n1C(C)c1cccnc1. The highest BCUT2D eigenvalue weighted by Crippen LogP contribution is 2.29. The number of nitrogens with zero attached hydrogens (tertiary/aromatic N) is 4. The van der Waals surface area contributed by atoms with Crippen molar-refractivity contribution in [1.82, 2.24) is 19.5 Å². The number of hydrogen-bond donors (Lipinski definition) is 0. The van der Waals surface area contributed by atoms with E-state index >= 15 is 0 Å². The first-order valence-corrected chi connectivity index (χ1v) is 6.99. The zero-order chi connectivity index (χ0) is 14.1. The molecule has 3 rings (SSSR count). The highest BCUT2D eigenvalue weighted by Gasteiger charge is 2.20. The molecule has 0 aliphatic carbocycles. The molecule has 0 spiro atoms. The Morgan fingerprint density at radius 1 is 1.15 bits per heavy atom. The van der Waals surface area contributed by atoms with Crippen LogP contribution in [-0.4, -0.2) is 19.5 Å². The predicted molar refractivity (Wildman–Crippen MR) is 79.8 cm³/mol. The third-order valence-electron chi connectivity index (χ3n) is 3.39. The van der Waals surface area contributed by atoms with Crippen molar-refractivity contribution in [2.45, 2.75) is 25.3 Å². The summed E-state index contributed by atoms with van der Waals surface area (Å²) in [6.07, 6.45) is 5.41. The molecule has 0 bridgehead atoms. The summed E-state index contributed by atoms with van der Waals surface area (Å²) in [4.78, 5) is 13.2. The molecule has 0 aliphatic rings. The molecule has 0 fully saturated rings. The van der Waals surface area contributed by atoms with Crippen LogP contribution < -0.4 is 0 Å². The number of imidazole rings is 1. The zero-order valence-corrected chi connectivity index (χ0v) is 12.1. The number of halogens is 1. The minimum absolute atomic E-state index is 0.0831. The molecule has 3 heterocycles. The number of aromatic nitrogens is 4. The van der Waals surface area contributed by atoms with Crippen molar-refractivity contribution in [3.63, 3.8) is 0 Å². The molecule has 0 saturated heterocycles. The van der Waals surface area contributed by atoms with Crippen molar-refractivity contribution >= 4 is 22.8 Å². The van der Waals surface area contributed by atoms with Crippen molar-refractivity contribution in [2.24, 2.45) is 0 Å². The molecule has 0 aromatic carbocycles. The van der Waals surface area contributed by atoms with Gasteiger partial charge in [-0.15, -0.1) is 11.6 Å². The Balaban J connectivity index is 2.21. The lowest BCUT2D eigenvalue weighted by atomic mass is 10.1. The summed E-state index contributed by atoms with van der Waals surface area (Å²) >= 11 is 6.28. The molecule has 2 unspecified atom stereocenters. The van der Waals surface area contributed by atoms with Crippen LogP contribution in [0.5, 0.6) is 0 Å². The van der Waals surface area contributed by atoms with E-state index in [2.05, 4.69) is 32.5 Å². The van der Waals surface area contributed by atoms with Crippen LogP contribution in [0, 0.1) is 0 Å². The van der Waals surface area contributed by atoms with Gasteiger partial charge in [-0.05, 0) is 37.6 Å². The van der Waals surface area contributed by atoms with E-state index < -0.39 is 0 Å². The van der Waals surface area contributed by atoms with E-state index in [-0.39, 0.29) is 11.4 Å². The van der Waals surface area contributed by atoms with Gasteiger partial charge in [0, 0.05) is 18.6 Å². The molecule has 0 amide bonds. The lowest BCUT2D eigenvalue weighted by molar-refractivity contribution is 0.612. The summed E-state index contributed by atoms with van der Waals surface area (Å²) in [6, 6.07) is 7.91. The topological polar surface area (TPSA) is 43.6 Å². The smallest absolute Gasteiger partial charge is 0.160 e. The third kappa shape index (κ3) is 2.16. The predicted octanol–water partition coefficient (Wildman–Crippen LogP) is 3.74. The maximum Gasteiger partial charge on any atom is 0.160 e. The van der Waals surface area contributed by atoms with Gasteiger partial charge in [-0.3, -0.25) is 4.98 Å². The largest absolute Gasteiger partial charge is 0.304 e. The van der Waals surface area contributed by atoms with E-state index in [0.29, 0.717) is 0 Å². The first-order chi connectivity index (χ1) is 9.68. The van der Waals surface area contributed by atoms with Crippen molar-refractivity contribution in [2.75, 3.05) is 0 Å². The summed E-state index contributed by atoms with van der Waals surface area (Å²) in [5, 5.41) is -0.177. The second-order valence-corrected chi connectivity index (χ2v) is 5.42. The molecule has 3 aromatic heterocycles. The van der Waals surface area contributed by atoms with Gasteiger partial charge in [0.1, 0.15) is 11.3 Å². The molecule has 20 heavy (non-hydrogen) atoms. The van der Waals surface area contributed by atoms with Crippen molar-refractivity contribution in [3.8, 4) is 0 Å². The molecule has 2 atom stereocenters. The van der Waals surface area contributed by atoms with Crippen LogP contribution in [0.2, 0.25) is 0 Å². The Hall–Kier alpha value is -1.94. The Morgan fingerprint density at radius 3 is 2.65 bits per heavy atom. The first kappa shape index (κ1) is 13.1. The summed E-state index contributed by atoms with van der Waals surface area (Å²) in [5.41, 5.74) is 2.83. The fraction of sp³-hybridized carbons (Fsp3) is 0.267. The van der Waals surface area contributed by atoms with Gasteiger partial charge in [0.05, 0.1) is 11.4 Å². The van der Waals surface area contributed by atoms with Crippen LogP contribution in [0.25, 0.3) is 11.2 Å². The average molecular weight is 287 g/mol. The fourth-order valence-corrected chi connectivity index (χ4v) is 2.54. The molecule has 0 N–H and O–H groups in total. The summed E-state index contributed by atoms with van der Waals surface area (Å²) < 4.78 is 2.09. The second-order valence-electron chi connectivity index (χ2n) is 4.76. The van der Waals surface area contributed by atoms with Crippen LogP contribution in [0.15, 0.2) is 42.9 Å². The number of hydrogen-bond acceptors (Lipinski definition) is 3. The Morgan fingerprint density at radius 2 is 1.95 bits per heavy atom. The highest BCUT2D eigenvalue weighted by atomic mass is 35.5. The maximum atomic E-state index is 6.28. The van der Waals surface area contributed by atoms with Crippen molar-refractivity contribution in [3.05, 3.63) is 54.2 Å². The molecule has 0 saturated carbocycles. The van der Waals surface area contributed by atoms with E-state index in [1.165, 1.54) is 0 Å². The average Bonchev–Trinajstić information content (AvgIpc) is 2.87. The van der Waals surface area contributed by atoms with Gasteiger partial charge in [-0.1, -0.05) is 6.07 Å². The minimum atomic E-state index is -0.177. The first-order valence-electron chi connectivity index (χ1n) is 6.55. The molecule has 3 aromatic rings. The third-order valence-corrected chi connectivity index (χ3v) is 3.58. The van der Waals surface area contributed by atoms with Crippen LogP contribution in [-0.2, 0) is 0 Å². The second kappa shape index (κ2) is 5.21. The number of fused-ring (bicyclic) bond motifs is 1. The van der Waals surface area contributed by atoms with Gasteiger partial charge in [0.25, 0.3) is 0 Å². The van der Waals surface area contributed by atoms with Crippen LogP contribution >= 0.6 is 11.6 Å². The summed E-state index contributed by atoms with van der Waals surface area (Å²) in [6.45, 7) is 4.03. The minimum Gasteiger partial charge on any atom is -0.304 e. The molecule has 102 valence electrons. The molecular formula is C15H15ClN4. The standard InChI is InChI=1S/C15H15ClN4/c1-10(16)14-19-13-6-4-8-18-15(13)20(14)11(2)12-5-3-7-17-9-12/h3-11H,1-2H3. The molecule has 0 radical (unpaired) electrons. The Labute approximate surface area is 122 Å². The zero-order valence-electron chi connectivity index (χ0n) is 11.4. The molecule has 4 nitrogen and oxygen atoms in total. The Bertz CT molecular complexity index is 721. The maximum absolute atomic E-state index is 6.28. The van der Waals surface area contributed by atoms with E-state index in [9.17, 15) is 0 Å². The monoisotopic (exact) mass is 286 g/mol. The van der Waals surface area contributed by atoms with Gasteiger partial charge in [0.15, 0.2) is 5.65 Å². The Kier molecular flexibility index (Phi) is 3.40. The molecule has 0 aliphatic heterocycles. The van der Waals surface area contributed by atoms with Crippen molar-refractivity contribution in [1.29, 1.82) is 0 Å². The number of alkyl halides is 1. The van der Waals surface area contributed by atoms with E-state index in [4.69, 9.17) is 11.6 Å². The van der Waals surface area contributed by atoms with Gasteiger partial charge < -0.3 is 4.57 Å². The summed E-state index contributed by atoms with van der Waals surface area (Å²) in [5.74, 6) is 0.830. The fourth-order valence-electron chi connectivity index (χ4n) is 2.38. The normalized spacial score (nSPS) is 14.3. The summed E-state index contributed by atoms with van der Waals surface area (Å²) in [7, 11) is 0. The quantitative estimate of drug-likeness (QED) is 0.689. The van der Waals surface area contributed by atoms with Gasteiger partial charge in [-0.2, -0.15) is 0 Å². The van der Waals surface area contributed by atoms with E-state index in [1.807, 2.05) is 31.3 Å². The van der Waals surface area contributed by atoms with E-state index in [1.54, 1.807) is 12.4 Å². The van der Waals surface area contributed by atoms with Crippen LogP contribution in [0.3, 0.4) is 0 Å². The number of rotatable bonds is 3. The van der Waals surface area contributed by atoms with Gasteiger partial charge >= 0.3 is 0 Å². The number of pyridine rings is 2. The van der Waals surface area contributed by atoms with Gasteiger partial charge in [0.2, 0.25) is 0 Å². The molecule has 5 heteroatoms. The molecular weight excluding hydrogens is 272 g/mol. The van der Waals surface area contributed by atoms with Crippen LogP contribution in [0.1, 0.15) is 36.7 Å². The highest BCUT2D eigenvalue weighted by molar-refractivity contribution is 6.20.